The van der Waals surface area contributed by atoms with E-state index in [1.807, 2.05) is 13.0 Å². The van der Waals surface area contributed by atoms with Crippen LogP contribution in [0, 0.1) is 12.7 Å². The highest BCUT2D eigenvalue weighted by Crippen LogP contribution is 2.41. The SMILES string of the molecule is Cc1cc2cc(C(=O)N(Cc3ccccc3F)C3CC(c4ccc(OC(F)(F)F)cc4)C3)ccc2nc1N. The van der Waals surface area contributed by atoms with Crippen LogP contribution in [0.1, 0.15) is 45.8 Å². The monoisotopic (exact) mass is 523 g/mol. The number of ether oxygens (including phenoxy) is 1. The molecule has 1 heterocycles. The molecule has 1 amide bonds. The zero-order valence-corrected chi connectivity index (χ0v) is 20.5. The minimum absolute atomic E-state index is 0.0577. The van der Waals surface area contributed by atoms with Crippen LogP contribution in [0.4, 0.5) is 23.4 Å². The number of hydrogen-bond donors (Lipinski definition) is 1. The fourth-order valence-electron chi connectivity index (χ4n) is 4.83. The smallest absolute Gasteiger partial charge is 0.406 e. The molecule has 5 nitrogen and oxygen atoms in total. The molecule has 0 aliphatic heterocycles. The molecule has 1 saturated carbocycles. The molecule has 2 N–H and O–H groups in total. The largest absolute Gasteiger partial charge is 0.573 e. The van der Waals surface area contributed by atoms with Gasteiger partial charge in [0.05, 0.1) is 5.52 Å². The van der Waals surface area contributed by atoms with Crippen molar-refractivity contribution in [2.75, 3.05) is 5.73 Å². The highest BCUT2D eigenvalue weighted by atomic mass is 19.4. The summed E-state index contributed by atoms with van der Waals surface area (Å²) in [6.07, 6.45) is -3.55. The first-order chi connectivity index (χ1) is 18.1. The zero-order valence-electron chi connectivity index (χ0n) is 20.5. The van der Waals surface area contributed by atoms with E-state index >= 15 is 0 Å². The Hall–Kier alpha value is -4.14. The minimum atomic E-state index is -4.75. The number of carbonyl (C=O) groups is 1. The Labute approximate surface area is 216 Å². The average Bonchev–Trinajstić information content (AvgIpc) is 2.84. The van der Waals surface area contributed by atoms with Gasteiger partial charge in [-0.25, -0.2) is 9.37 Å². The Morgan fingerprint density at radius 1 is 1.05 bits per heavy atom. The number of nitrogens with two attached hydrogens (primary N) is 1. The molecule has 4 aromatic rings. The van der Waals surface area contributed by atoms with Gasteiger partial charge in [0.2, 0.25) is 0 Å². The maximum Gasteiger partial charge on any atom is 0.573 e. The van der Waals surface area contributed by atoms with Gasteiger partial charge in [-0.2, -0.15) is 0 Å². The molecule has 0 atom stereocenters. The molecule has 0 radical (unpaired) electrons. The number of rotatable bonds is 6. The minimum Gasteiger partial charge on any atom is -0.406 e. The van der Waals surface area contributed by atoms with Crippen molar-refractivity contribution in [2.45, 2.75) is 44.6 Å². The van der Waals surface area contributed by atoms with Gasteiger partial charge >= 0.3 is 6.36 Å². The standard InChI is InChI=1S/C29H25F4N3O2/c1-17-12-22-13-19(8-11-26(22)35-27(17)34)28(37)36(16-20-4-2-3-5-25(20)30)23-14-21(15-23)18-6-9-24(10-7-18)38-29(31,32)33/h2-13,21,23H,14-16H2,1H3,(H2,34,35). The Morgan fingerprint density at radius 3 is 2.45 bits per heavy atom. The number of anilines is 1. The molecule has 0 unspecified atom stereocenters. The second-order valence-corrected chi connectivity index (χ2v) is 9.56. The number of alkyl halides is 3. The molecule has 1 aliphatic carbocycles. The normalized spacial score (nSPS) is 17.2. The molecule has 1 fully saturated rings. The lowest BCUT2D eigenvalue weighted by Crippen LogP contribution is -2.46. The third kappa shape index (κ3) is 5.41. The number of nitrogen functional groups attached to an aromatic ring is 1. The lowest BCUT2D eigenvalue weighted by Gasteiger charge is -2.43. The molecule has 9 heteroatoms. The van der Waals surface area contributed by atoms with Crippen LogP contribution >= 0.6 is 0 Å². The molecule has 0 bridgehead atoms. The van der Waals surface area contributed by atoms with E-state index in [9.17, 15) is 22.4 Å². The van der Waals surface area contributed by atoms with E-state index < -0.39 is 12.2 Å². The van der Waals surface area contributed by atoms with Crippen LogP contribution in [-0.2, 0) is 6.54 Å². The lowest BCUT2D eigenvalue weighted by atomic mass is 9.74. The van der Waals surface area contributed by atoms with Gasteiger partial charge in [-0.15, -0.1) is 13.2 Å². The quantitative estimate of drug-likeness (QED) is 0.284. The maximum atomic E-state index is 14.5. The molecule has 38 heavy (non-hydrogen) atoms. The van der Waals surface area contributed by atoms with E-state index in [0.29, 0.717) is 35.3 Å². The summed E-state index contributed by atoms with van der Waals surface area (Å²) in [6, 6.07) is 19.0. The van der Waals surface area contributed by atoms with Crippen LogP contribution in [0.5, 0.6) is 5.75 Å². The van der Waals surface area contributed by atoms with Crippen molar-refractivity contribution in [1.82, 2.24) is 9.88 Å². The van der Waals surface area contributed by atoms with E-state index in [2.05, 4.69) is 9.72 Å². The first-order valence-corrected chi connectivity index (χ1v) is 12.1. The Morgan fingerprint density at radius 2 is 1.76 bits per heavy atom. The molecule has 196 valence electrons. The van der Waals surface area contributed by atoms with Crippen molar-refractivity contribution in [2.24, 2.45) is 0 Å². The Bertz CT molecular complexity index is 1480. The van der Waals surface area contributed by atoms with Crippen molar-refractivity contribution in [3.8, 4) is 5.75 Å². The number of carbonyl (C=O) groups excluding carboxylic acids is 1. The summed E-state index contributed by atoms with van der Waals surface area (Å²) in [6.45, 7) is 1.94. The molecule has 0 saturated heterocycles. The number of halogens is 4. The molecular weight excluding hydrogens is 498 g/mol. The molecule has 3 aromatic carbocycles. The van der Waals surface area contributed by atoms with Crippen LogP contribution in [0.2, 0.25) is 0 Å². The molecule has 5 rings (SSSR count). The Kier molecular flexibility index (Phi) is 6.69. The topological polar surface area (TPSA) is 68.5 Å². The van der Waals surface area contributed by atoms with E-state index in [0.717, 1.165) is 16.5 Å². The second-order valence-electron chi connectivity index (χ2n) is 9.56. The van der Waals surface area contributed by atoms with E-state index in [4.69, 9.17) is 5.73 Å². The van der Waals surface area contributed by atoms with Gasteiger partial charge in [0.1, 0.15) is 17.4 Å². The van der Waals surface area contributed by atoms with Crippen LogP contribution in [0.25, 0.3) is 10.9 Å². The number of aryl methyl sites for hydroxylation is 1. The van der Waals surface area contributed by atoms with Gasteiger partial charge in [0.15, 0.2) is 0 Å². The number of fused-ring (bicyclic) bond motifs is 1. The van der Waals surface area contributed by atoms with Gasteiger partial charge in [-0.1, -0.05) is 30.3 Å². The predicted octanol–water partition coefficient (Wildman–Crippen LogP) is 6.75. The molecule has 1 aliphatic rings. The summed E-state index contributed by atoms with van der Waals surface area (Å²) in [5, 5.41) is 0.779. The third-order valence-corrected chi connectivity index (χ3v) is 6.99. The third-order valence-electron chi connectivity index (χ3n) is 6.99. The van der Waals surface area contributed by atoms with Gasteiger partial charge in [0, 0.05) is 29.1 Å². The van der Waals surface area contributed by atoms with Crippen molar-refractivity contribution in [3.05, 3.63) is 101 Å². The van der Waals surface area contributed by atoms with Gasteiger partial charge < -0.3 is 15.4 Å². The van der Waals surface area contributed by atoms with E-state index in [1.165, 1.54) is 18.2 Å². The van der Waals surface area contributed by atoms with Crippen molar-refractivity contribution in [3.63, 3.8) is 0 Å². The van der Waals surface area contributed by atoms with Crippen LogP contribution in [0.15, 0.2) is 72.8 Å². The first-order valence-electron chi connectivity index (χ1n) is 12.1. The van der Waals surface area contributed by atoms with Crippen LogP contribution < -0.4 is 10.5 Å². The van der Waals surface area contributed by atoms with Gasteiger partial charge in [0.25, 0.3) is 5.91 Å². The Balaban J connectivity index is 1.38. The van der Waals surface area contributed by atoms with Crippen LogP contribution in [0.3, 0.4) is 0 Å². The number of benzene rings is 3. The van der Waals surface area contributed by atoms with E-state index in [-0.39, 0.29) is 30.2 Å². The summed E-state index contributed by atoms with van der Waals surface area (Å²) < 4.78 is 55.9. The highest BCUT2D eigenvalue weighted by Gasteiger charge is 2.38. The molecule has 1 aromatic heterocycles. The fourth-order valence-corrected chi connectivity index (χ4v) is 4.83. The molecule has 0 spiro atoms. The number of amides is 1. The highest BCUT2D eigenvalue weighted by molar-refractivity contribution is 5.98. The number of aromatic nitrogens is 1. The summed E-state index contributed by atoms with van der Waals surface area (Å²) in [7, 11) is 0. The maximum absolute atomic E-state index is 14.5. The van der Waals surface area contributed by atoms with E-state index in [1.54, 1.807) is 53.4 Å². The summed E-state index contributed by atoms with van der Waals surface area (Å²) >= 11 is 0. The summed E-state index contributed by atoms with van der Waals surface area (Å²) in [5.74, 6) is -0.424. The van der Waals surface area contributed by atoms with Crippen molar-refractivity contribution >= 4 is 22.6 Å². The zero-order chi connectivity index (χ0) is 27.0. The van der Waals surface area contributed by atoms with Crippen LogP contribution in [-0.4, -0.2) is 28.2 Å². The number of pyridine rings is 1. The molecular formula is C29H25F4N3O2. The van der Waals surface area contributed by atoms with Gasteiger partial charge in [-0.3, -0.25) is 4.79 Å². The summed E-state index contributed by atoms with van der Waals surface area (Å²) in [5.41, 5.74) is 9.11. The summed E-state index contributed by atoms with van der Waals surface area (Å²) in [4.78, 5) is 19.8. The first kappa shape index (κ1) is 25.5. The van der Waals surface area contributed by atoms with Crippen molar-refractivity contribution < 1.29 is 27.1 Å². The lowest BCUT2D eigenvalue weighted by molar-refractivity contribution is -0.274. The average molecular weight is 524 g/mol. The number of nitrogens with zero attached hydrogens (tertiary/aromatic N) is 2. The van der Waals surface area contributed by atoms with Crippen molar-refractivity contribution in [1.29, 1.82) is 0 Å². The van der Waals surface area contributed by atoms with Gasteiger partial charge in [-0.05, 0) is 79.3 Å². The fraction of sp³-hybridized carbons (Fsp3) is 0.241. The predicted molar refractivity (Wildman–Crippen MR) is 136 cm³/mol. The second kappa shape index (κ2) is 9.96. The number of hydrogen-bond acceptors (Lipinski definition) is 4.